The van der Waals surface area contributed by atoms with E-state index in [0.717, 1.165) is 30.0 Å². The van der Waals surface area contributed by atoms with E-state index in [2.05, 4.69) is 10.6 Å². The summed E-state index contributed by atoms with van der Waals surface area (Å²) >= 11 is 0. The van der Waals surface area contributed by atoms with Gasteiger partial charge in [0.2, 0.25) is 0 Å². The maximum absolute atomic E-state index is 12.5. The molecule has 0 aliphatic carbocycles. The van der Waals surface area contributed by atoms with Gasteiger partial charge in [-0.3, -0.25) is 9.59 Å². The zero-order chi connectivity index (χ0) is 20.9. The number of nitrogens with one attached hydrogen (secondary N) is 2. The summed E-state index contributed by atoms with van der Waals surface area (Å²) in [5, 5.41) is 14.6. The van der Waals surface area contributed by atoms with Gasteiger partial charge in [0, 0.05) is 32.0 Å². The second kappa shape index (κ2) is 8.75. The average molecular weight is 395 g/mol. The molecule has 0 aromatic heterocycles. The first-order valence-corrected chi connectivity index (χ1v) is 8.29. The number of alkyl halides is 3. The van der Waals surface area contributed by atoms with E-state index in [0.29, 0.717) is 5.69 Å². The second-order valence-corrected chi connectivity index (χ2v) is 6.24. The fraction of sp³-hybridized carbons (Fsp3) is 0.263. The molecular formula is C19H20F3N3O3. The van der Waals surface area contributed by atoms with Gasteiger partial charge in [0.15, 0.2) is 0 Å². The Morgan fingerprint density at radius 2 is 1.57 bits per heavy atom. The van der Waals surface area contributed by atoms with E-state index in [1.807, 2.05) is 19.0 Å². The molecule has 0 saturated carbocycles. The molecule has 0 bridgehead atoms. The van der Waals surface area contributed by atoms with Crippen LogP contribution in [0.15, 0.2) is 48.5 Å². The average Bonchev–Trinajstić information content (AvgIpc) is 2.65. The molecule has 0 fully saturated rings. The zero-order valence-corrected chi connectivity index (χ0v) is 15.2. The van der Waals surface area contributed by atoms with Gasteiger partial charge in [-0.1, -0.05) is 12.1 Å². The highest BCUT2D eigenvalue weighted by molar-refractivity contribution is 6.39. The monoisotopic (exact) mass is 395 g/mol. The van der Waals surface area contributed by atoms with Crippen LogP contribution in [-0.2, 0) is 15.8 Å². The highest BCUT2D eigenvalue weighted by atomic mass is 19.4. The summed E-state index contributed by atoms with van der Waals surface area (Å²) in [4.78, 5) is 25.6. The van der Waals surface area contributed by atoms with Crippen LogP contribution in [0.5, 0.6) is 0 Å². The first-order chi connectivity index (χ1) is 13.1. The van der Waals surface area contributed by atoms with Gasteiger partial charge in [0.05, 0.1) is 11.7 Å². The van der Waals surface area contributed by atoms with Crippen LogP contribution in [0.25, 0.3) is 0 Å². The smallest absolute Gasteiger partial charge is 0.387 e. The molecule has 1 atom stereocenters. The summed E-state index contributed by atoms with van der Waals surface area (Å²) < 4.78 is 37.6. The molecule has 0 heterocycles. The molecule has 6 nitrogen and oxygen atoms in total. The van der Waals surface area contributed by atoms with Crippen molar-refractivity contribution >= 4 is 23.2 Å². The van der Waals surface area contributed by atoms with Crippen molar-refractivity contribution in [3.63, 3.8) is 0 Å². The molecular weight excluding hydrogens is 375 g/mol. The number of aliphatic hydroxyl groups excluding tert-OH is 1. The van der Waals surface area contributed by atoms with Crippen LogP contribution < -0.4 is 15.5 Å². The lowest BCUT2D eigenvalue weighted by Crippen LogP contribution is -2.37. The minimum atomic E-state index is -4.47. The first kappa shape index (κ1) is 21.2. The van der Waals surface area contributed by atoms with Crippen molar-refractivity contribution in [2.75, 3.05) is 30.9 Å². The van der Waals surface area contributed by atoms with Gasteiger partial charge < -0.3 is 20.6 Å². The molecule has 0 spiro atoms. The Balaban J connectivity index is 1.87. The van der Waals surface area contributed by atoms with Crippen molar-refractivity contribution in [3.05, 3.63) is 59.7 Å². The second-order valence-electron chi connectivity index (χ2n) is 6.24. The molecule has 3 N–H and O–H groups in total. The molecule has 0 radical (unpaired) electrons. The molecule has 2 aromatic rings. The SMILES string of the molecule is CN(C)c1ccc(NC(=O)C(=O)NCC(O)c2ccc(C(F)(F)F)cc2)cc1. The predicted octanol–water partition coefficient (Wildman–Crippen LogP) is 2.56. The number of hydrogen-bond acceptors (Lipinski definition) is 4. The Morgan fingerprint density at radius 3 is 2.07 bits per heavy atom. The summed E-state index contributed by atoms with van der Waals surface area (Å²) in [7, 11) is 3.73. The van der Waals surface area contributed by atoms with E-state index in [1.165, 1.54) is 0 Å². The van der Waals surface area contributed by atoms with E-state index in [-0.39, 0.29) is 12.1 Å². The lowest BCUT2D eigenvalue weighted by atomic mass is 10.1. The lowest BCUT2D eigenvalue weighted by molar-refractivity contribution is -0.137. The van der Waals surface area contributed by atoms with Crippen LogP contribution in [0.4, 0.5) is 24.5 Å². The highest BCUT2D eigenvalue weighted by Crippen LogP contribution is 2.29. The Labute approximate surface area is 160 Å². The number of carbonyl (C=O) groups excluding carboxylic acids is 2. The van der Waals surface area contributed by atoms with Gasteiger partial charge >= 0.3 is 18.0 Å². The van der Waals surface area contributed by atoms with Gasteiger partial charge in [-0.2, -0.15) is 13.2 Å². The van der Waals surface area contributed by atoms with E-state index >= 15 is 0 Å². The van der Waals surface area contributed by atoms with Crippen molar-refractivity contribution < 1.29 is 27.9 Å². The minimum Gasteiger partial charge on any atom is -0.387 e. The third-order valence-electron chi connectivity index (χ3n) is 3.93. The number of benzene rings is 2. The van der Waals surface area contributed by atoms with Gasteiger partial charge in [0.25, 0.3) is 0 Å². The molecule has 28 heavy (non-hydrogen) atoms. The number of halogens is 3. The largest absolute Gasteiger partial charge is 0.416 e. The van der Waals surface area contributed by atoms with Crippen LogP contribution in [0.3, 0.4) is 0 Å². The molecule has 1 unspecified atom stereocenters. The number of anilines is 2. The normalized spacial score (nSPS) is 12.2. The number of amides is 2. The van der Waals surface area contributed by atoms with Crippen molar-refractivity contribution in [2.45, 2.75) is 12.3 Å². The Morgan fingerprint density at radius 1 is 1.00 bits per heavy atom. The number of hydrogen-bond donors (Lipinski definition) is 3. The third-order valence-corrected chi connectivity index (χ3v) is 3.93. The molecule has 2 aromatic carbocycles. The van der Waals surface area contributed by atoms with Crippen LogP contribution in [-0.4, -0.2) is 37.6 Å². The fourth-order valence-corrected chi connectivity index (χ4v) is 2.31. The summed E-state index contributed by atoms with van der Waals surface area (Å²) in [6, 6.07) is 10.7. The van der Waals surface area contributed by atoms with E-state index in [1.54, 1.807) is 24.3 Å². The maximum Gasteiger partial charge on any atom is 0.416 e. The molecule has 2 rings (SSSR count). The molecule has 2 amide bonds. The summed E-state index contributed by atoms with van der Waals surface area (Å²) in [5.74, 6) is -1.89. The number of rotatable bonds is 5. The quantitative estimate of drug-likeness (QED) is 0.680. The number of carbonyl (C=O) groups is 2. The molecule has 150 valence electrons. The van der Waals surface area contributed by atoms with Gasteiger partial charge in [-0.25, -0.2) is 0 Å². The topological polar surface area (TPSA) is 81.7 Å². The highest BCUT2D eigenvalue weighted by Gasteiger charge is 2.30. The Bertz CT molecular complexity index is 819. The van der Waals surface area contributed by atoms with Gasteiger partial charge in [-0.05, 0) is 42.0 Å². The van der Waals surface area contributed by atoms with Crippen LogP contribution >= 0.6 is 0 Å². The standard InChI is InChI=1S/C19H20F3N3O3/c1-25(2)15-9-7-14(8-10-15)24-18(28)17(27)23-11-16(26)12-3-5-13(6-4-12)19(20,21)22/h3-10,16,26H,11H2,1-2H3,(H,23,27)(H,24,28). The first-order valence-electron chi connectivity index (χ1n) is 8.29. The molecule has 0 saturated heterocycles. The van der Waals surface area contributed by atoms with Crippen LogP contribution in [0.2, 0.25) is 0 Å². The summed E-state index contributed by atoms with van der Waals surface area (Å²) in [5.41, 5.74) is 0.691. The predicted molar refractivity (Wildman–Crippen MR) is 98.8 cm³/mol. The molecule has 0 aliphatic heterocycles. The van der Waals surface area contributed by atoms with Crippen LogP contribution in [0, 0.1) is 0 Å². The van der Waals surface area contributed by atoms with E-state index in [4.69, 9.17) is 0 Å². The van der Waals surface area contributed by atoms with Crippen molar-refractivity contribution in [3.8, 4) is 0 Å². The van der Waals surface area contributed by atoms with Gasteiger partial charge in [-0.15, -0.1) is 0 Å². The summed E-state index contributed by atoms with van der Waals surface area (Å²) in [6.45, 7) is -0.322. The molecule has 0 aliphatic rings. The fourth-order valence-electron chi connectivity index (χ4n) is 2.31. The maximum atomic E-state index is 12.5. The van der Waals surface area contributed by atoms with Crippen molar-refractivity contribution in [1.82, 2.24) is 5.32 Å². The number of nitrogens with zero attached hydrogens (tertiary/aromatic N) is 1. The molecule has 9 heteroatoms. The number of aliphatic hydroxyl groups is 1. The third kappa shape index (κ3) is 5.71. The van der Waals surface area contributed by atoms with E-state index < -0.39 is 29.7 Å². The van der Waals surface area contributed by atoms with E-state index in [9.17, 15) is 27.9 Å². The minimum absolute atomic E-state index is 0.188. The van der Waals surface area contributed by atoms with Gasteiger partial charge in [0.1, 0.15) is 0 Å². The zero-order valence-electron chi connectivity index (χ0n) is 15.2. The summed E-state index contributed by atoms with van der Waals surface area (Å²) in [6.07, 6.45) is -5.72. The lowest BCUT2D eigenvalue weighted by Gasteiger charge is -2.14. The van der Waals surface area contributed by atoms with Crippen LogP contribution in [0.1, 0.15) is 17.2 Å². The van der Waals surface area contributed by atoms with Crippen molar-refractivity contribution in [1.29, 1.82) is 0 Å². The Hall–Kier alpha value is -3.07. The Kier molecular flexibility index (Phi) is 6.63. The van der Waals surface area contributed by atoms with Crippen molar-refractivity contribution in [2.24, 2.45) is 0 Å².